The van der Waals surface area contributed by atoms with Crippen LogP contribution in [-0.4, -0.2) is 18.0 Å². The maximum Gasteiger partial charge on any atom is 0.259 e. The number of anilines is 1. The van der Waals surface area contributed by atoms with Crippen LogP contribution in [0.3, 0.4) is 0 Å². The maximum absolute atomic E-state index is 12.9. The number of carbonyl (C=O) groups excluding carboxylic acids is 1. The van der Waals surface area contributed by atoms with E-state index in [9.17, 15) is 4.79 Å². The molecule has 1 aromatic heterocycles. The quantitative estimate of drug-likeness (QED) is 0.329. The standard InChI is InChI=1S/C23H17Cl3N2O3/c1-3-12-4-7-20-19(8-12)28-23(31-20)13-5-6-16(25)18(9-13)27-22(29)15-10-14(24)11-17(26)21(15)30-2/h4-11H,3H2,1-2H3,(H,27,29). The molecule has 0 saturated heterocycles. The monoisotopic (exact) mass is 474 g/mol. The molecular formula is C23H17Cl3N2O3. The number of aromatic nitrogens is 1. The first-order chi connectivity index (χ1) is 14.9. The summed E-state index contributed by atoms with van der Waals surface area (Å²) in [7, 11) is 1.43. The third-order valence-corrected chi connectivity index (χ3v) is 5.61. The number of amides is 1. The second kappa shape index (κ2) is 8.79. The Hall–Kier alpha value is -2.73. The number of nitrogens with one attached hydrogen (secondary N) is 1. The first kappa shape index (κ1) is 21.5. The fourth-order valence-electron chi connectivity index (χ4n) is 3.20. The van der Waals surface area contributed by atoms with Crippen molar-refractivity contribution in [3.63, 3.8) is 0 Å². The lowest BCUT2D eigenvalue weighted by Gasteiger charge is -2.12. The van der Waals surface area contributed by atoms with Crippen LogP contribution in [0.15, 0.2) is 52.9 Å². The number of rotatable bonds is 5. The Labute approximate surface area is 193 Å². The molecule has 0 atom stereocenters. The topological polar surface area (TPSA) is 64.4 Å². The van der Waals surface area contributed by atoms with Crippen molar-refractivity contribution in [2.45, 2.75) is 13.3 Å². The third kappa shape index (κ3) is 4.35. The minimum Gasteiger partial charge on any atom is -0.494 e. The van der Waals surface area contributed by atoms with Gasteiger partial charge in [-0.25, -0.2) is 4.98 Å². The summed E-state index contributed by atoms with van der Waals surface area (Å²) in [6.07, 6.45) is 0.909. The van der Waals surface area contributed by atoms with E-state index in [1.807, 2.05) is 18.2 Å². The Bertz CT molecular complexity index is 1300. The van der Waals surface area contributed by atoms with Crippen molar-refractivity contribution >= 4 is 57.5 Å². The van der Waals surface area contributed by atoms with Crippen molar-refractivity contribution in [1.82, 2.24) is 4.98 Å². The maximum atomic E-state index is 12.9. The molecular weight excluding hydrogens is 459 g/mol. The van der Waals surface area contributed by atoms with Crippen molar-refractivity contribution in [3.8, 4) is 17.2 Å². The summed E-state index contributed by atoms with van der Waals surface area (Å²) in [5.41, 5.74) is 3.88. The second-order valence-corrected chi connectivity index (χ2v) is 8.04. The van der Waals surface area contributed by atoms with Gasteiger partial charge in [-0.1, -0.05) is 47.8 Å². The Morgan fingerprint density at radius 1 is 1.06 bits per heavy atom. The molecule has 1 amide bonds. The highest BCUT2D eigenvalue weighted by molar-refractivity contribution is 6.37. The zero-order valence-electron chi connectivity index (χ0n) is 16.6. The Morgan fingerprint density at radius 2 is 1.87 bits per heavy atom. The molecule has 0 saturated carbocycles. The number of benzene rings is 3. The van der Waals surface area contributed by atoms with Crippen molar-refractivity contribution in [2.24, 2.45) is 0 Å². The average molecular weight is 476 g/mol. The summed E-state index contributed by atoms with van der Waals surface area (Å²) in [6.45, 7) is 2.08. The molecule has 158 valence electrons. The van der Waals surface area contributed by atoms with E-state index in [0.29, 0.717) is 32.8 Å². The van der Waals surface area contributed by atoms with Crippen LogP contribution < -0.4 is 10.1 Å². The van der Waals surface area contributed by atoms with Gasteiger partial charge in [0.05, 0.1) is 28.4 Å². The Morgan fingerprint density at radius 3 is 2.61 bits per heavy atom. The van der Waals surface area contributed by atoms with Gasteiger partial charge in [0.1, 0.15) is 11.3 Å². The van der Waals surface area contributed by atoms with E-state index in [1.54, 1.807) is 18.2 Å². The lowest BCUT2D eigenvalue weighted by Crippen LogP contribution is -2.14. The molecule has 4 aromatic rings. The number of hydrogen-bond donors (Lipinski definition) is 1. The van der Waals surface area contributed by atoms with E-state index in [1.165, 1.54) is 24.8 Å². The van der Waals surface area contributed by atoms with Crippen molar-refractivity contribution in [3.05, 3.63) is 74.7 Å². The zero-order chi connectivity index (χ0) is 22.1. The number of fused-ring (bicyclic) bond motifs is 1. The molecule has 0 bridgehead atoms. The van der Waals surface area contributed by atoms with Crippen LogP contribution in [0.5, 0.6) is 5.75 Å². The van der Waals surface area contributed by atoms with Crippen molar-refractivity contribution < 1.29 is 13.9 Å². The molecule has 0 radical (unpaired) electrons. The molecule has 0 aliphatic rings. The molecule has 4 rings (SSSR count). The van der Waals surface area contributed by atoms with Crippen LogP contribution in [0.2, 0.25) is 15.1 Å². The number of methoxy groups -OCH3 is 1. The highest BCUT2D eigenvalue weighted by atomic mass is 35.5. The summed E-state index contributed by atoms with van der Waals surface area (Å²) in [4.78, 5) is 17.5. The highest BCUT2D eigenvalue weighted by Crippen LogP contribution is 2.34. The first-order valence-electron chi connectivity index (χ1n) is 9.43. The van der Waals surface area contributed by atoms with Crippen LogP contribution in [-0.2, 0) is 6.42 Å². The fourth-order valence-corrected chi connectivity index (χ4v) is 3.93. The number of nitrogens with zero attached hydrogens (tertiary/aromatic N) is 1. The SMILES string of the molecule is CCc1ccc2oc(-c3ccc(Cl)c(NC(=O)c4cc(Cl)cc(Cl)c4OC)c3)nc2c1. The zero-order valence-corrected chi connectivity index (χ0v) is 18.9. The minimum absolute atomic E-state index is 0.190. The molecule has 0 aliphatic heterocycles. The van der Waals surface area contributed by atoms with Gasteiger partial charge in [0, 0.05) is 10.6 Å². The largest absolute Gasteiger partial charge is 0.494 e. The average Bonchev–Trinajstić information content (AvgIpc) is 3.18. The van der Waals surface area contributed by atoms with Gasteiger partial charge < -0.3 is 14.5 Å². The van der Waals surface area contributed by atoms with E-state index < -0.39 is 5.91 Å². The predicted octanol–water partition coefficient (Wildman–Crippen LogP) is 7.28. The van der Waals surface area contributed by atoms with E-state index >= 15 is 0 Å². The van der Waals surface area contributed by atoms with Crippen molar-refractivity contribution in [2.75, 3.05) is 12.4 Å². The summed E-state index contributed by atoms with van der Waals surface area (Å²) >= 11 is 18.5. The summed E-state index contributed by atoms with van der Waals surface area (Å²) in [6, 6.07) is 14.0. The predicted molar refractivity (Wildman–Crippen MR) is 125 cm³/mol. The molecule has 0 aliphatic carbocycles. The van der Waals surface area contributed by atoms with Crippen LogP contribution in [0.4, 0.5) is 5.69 Å². The molecule has 31 heavy (non-hydrogen) atoms. The van der Waals surface area contributed by atoms with Crippen LogP contribution in [0, 0.1) is 0 Å². The smallest absolute Gasteiger partial charge is 0.259 e. The summed E-state index contributed by atoms with van der Waals surface area (Å²) in [5, 5.41) is 3.68. The van der Waals surface area contributed by atoms with Crippen molar-refractivity contribution in [1.29, 1.82) is 0 Å². The molecule has 0 fully saturated rings. The third-order valence-electron chi connectivity index (χ3n) is 4.78. The number of oxazole rings is 1. The number of ether oxygens (including phenoxy) is 1. The lowest BCUT2D eigenvalue weighted by atomic mass is 10.1. The Kier molecular flexibility index (Phi) is 6.10. The molecule has 1 N–H and O–H groups in total. The molecule has 0 unspecified atom stereocenters. The van der Waals surface area contributed by atoms with Gasteiger partial charge in [0.2, 0.25) is 5.89 Å². The van der Waals surface area contributed by atoms with Crippen LogP contribution in [0.25, 0.3) is 22.6 Å². The number of carbonyl (C=O) groups is 1. The number of hydrogen-bond acceptors (Lipinski definition) is 4. The van der Waals surface area contributed by atoms with E-state index in [0.717, 1.165) is 11.9 Å². The fraction of sp³-hybridized carbons (Fsp3) is 0.130. The summed E-state index contributed by atoms with van der Waals surface area (Å²) in [5.74, 6) is 0.186. The molecule has 0 spiro atoms. The van der Waals surface area contributed by atoms with Gasteiger partial charge in [-0.2, -0.15) is 0 Å². The minimum atomic E-state index is -0.467. The van der Waals surface area contributed by atoms with E-state index in [2.05, 4.69) is 17.2 Å². The van der Waals surface area contributed by atoms with E-state index in [-0.39, 0.29) is 16.3 Å². The van der Waals surface area contributed by atoms with Gasteiger partial charge in [-0.05, 0) is 54.4 Å². The van der Waals surface area contributed by atoms with Gasteiger partial charge in [0.15, 0.2) is 5.58 Å². The highest BCUT2D eigenvalue weighted by Gasteiger charge is 2.19. The normalized spacial score (nSPS) is 11.0. The van der Waals surface area contributed by atoms with Gasteiger partial charge in [-0.3, -0.25) is 4.79 Å². The molecule has 1 heterocycles. The van der Waals surface area contributed by atoms with Gasteiger partial charge >= 0.3 is 0 Å². The van der Waals surface area contributed by atoms with Crippen LogP contribution in [0.1, 0.15) is 22.8 Å². The second-order valence-electron chi connectivity index (χ2n) is 6.79. The Balaban J connectivity index is 1.68. The first-order valence-corrected chi connectivity index (χ1v) is 10.6. The molecule has 3 aromatic carbocycles. The van der Waals surface area contributed by atoms with Gasteiger partial charge in [0.25, 0.3) is 5.91 Å². The summed E-state index contributed by atoms with van der Waals surface area (Å²) < 4.78 is 11.1. The van der Waals surface area contributed by atoms with Crippen LogP contribution >= 0.6 is 34.8 Å². The number of halogens is 3. The van der Waals surface area contributed by atoms with Gasteiger partial charge in [-0.15, -0.1) is 0 Å². The lowest BCUT2D eigenvalue weighted by molar-refractivity contribution is 0.102. The molecule has 8 heteroatoms. The molecule has 5 nitrogen and oxygen atoms in total. The van der Waals surface area contributed by atoms with E-state index in [4.69, 9.17) is 44.0 Å². The number of aryl methyl sites for hydroxylation is 1.